The highest BCUT2D eigenvalue weighted by Crippen LogP contribution is 2.28. The number of ether oxygens (including phenoxy) is 1. The van der Waals surface area contributed by atoms with Crippen LogP contribution in [0.15, 0.2) is 18.2 Å². The van der Waals surface area contributed by atoms with Gasteiger partial charge in [0.15, 0.2) is 6.10 Å². The van der Waals surface area contributed by atoms with Crippen molar-refractivity contribution in [1.29, 1.82) is 0 Å². The SMILES string of the molecule is CCOC(=O)C(O)C(O)c1cccc(C(=O)O)c1Cl. The molecule has 1 aromatic carbocycles. The summed E-state index contributed by atoms with van der Waals surface area (Å²) in [5.41, 5.74) is -0.281. The second-order valence-corrected chi connectivity index (χ2v) is 4.03. The van der Waals surface area contributed by atoms with Gasteiger partial charge in [0.1, 0.15) is 6.10 Å². The van der Waals surface area contributed by atoms with Crippen LogP contribution in [-0.2, 0) is 9.53 Å². The Kier molecular flexibility index (Phi) is 5.29. The standard InChI is InChI=1S/C12H13ClO6/c1-2-19-12(18)10(15)9(14)6-4-3-5-7(8(6)13)11(16)17/h3-5,9-10,14-15H,2H2,1H3,(H,16,17). The number of aliphatic hydroxyl groups excluding tert-OH is 2. The summed E-state index contributed by atoms with van der Waals surface area (Å²) in [6.45, 7) is 1.60. The van der Waals surface area contributed by atoms with E-state index in [2.05, 4.69) is 4.74 Å². The number of carbonyl (C=O) groups is 2. The lowest BCUT2D eigenvalue weighted by atomic mass is 10.0. The van der Waals surface area contributed by atoms with Crippen molar-refractivity contribution in [2.45, 2.75) is 19.1 Å². The first-order valence-electron chi connectivity index (χ1n) is 5.44. The second-order valence-electron chi connectivity index (χ2n) is 3.66. The third kappa shape index (κ3) is 3.44. The molecule has 0 spiro atoms. The van der Waals surface area contributed by atoms with Crippen LogP contribution >= 0.6 is 11.6 Å². The molecular weight excluding hydrogens is 276 g/mol. The normalized spacial score (nSPS) is 13.7. The van der Waals surface area contributed by atoms with Gasteiger partial charge < -0.3 is 20.1 Å². The molecule has 2 atom stereocenters. The zero-order chi connectivity index (χ0) is 14.6. The number of benzene rings is 1. The first kappa shape index (κ1) is 15.4. The van der Waals surface area contributed by atoms with Gasteiger partial charge in [-0.2, -0.15) is 0 Å². The molecule has 6 nitrogen and oxygen atoms in total. The molecule has 7 heteroatoms. The smallest absolute Gasteiger partial charge is 0.338 e. The molecule has 104 valence electrons. The summed E-state index contributed by atoms with van der Waals surface area (Å²) in [6.07, 6.45) is -3.49. The van der Waals surface area contributed by atoms with Gasteiger partial charge in [-0.3, -0.25) is 0 Å². The van der Waals surface area contributed by atoms with Crippen LogP contribution in [0.2, 0.25) is 5.02 Å². The molecule has 0 aliphatic heterocycles. The summed E-state index contributed by atoms with van der Waals surface area (Å²) in [7, 11) is 0. The van der Waals surface area contributed by atoms with E-state index in [1.807, 2.05) is 0 Å². The summed E-state index contributed by atoms with van der Waals surface area (Å²) in [5.74, 6) is -2.28. The Bertz CT molecular complexity index is 487. The zero-order valence-electron chi connectivity index (χ0n) is 10.0. The molecule has 0 heterocycles. The average Bonchev–Trinajstić information content (AvgIpc) is 2.37. The third-order valence-corrected chi connectivity index (χ3v) is 2.83. The summed E-state index contributed by atoms with van der Waals surface area (Å²) in [4.78, 5) is 22.2. The van der Waals surface area contributed by atoms with E-state index in [1.165, 1.54) is 18.2 Å². The average molecular weight is 289 g/mol. The molecule has 3 N–H and O–H groups in total. The Hall–Kier alpha value is -1.63. The van der Waals surface area contributed by atoms with E-state index >= 15 is 0 Å². The number of hydrogen-bond acceptors (Lipinski definition) is 5. The van der Waals surface area contributed by atoms with E-state index in [9.17, 15) is 19.8 Å². The minimum atomic E-state index is -1.83. The molecule has 0 bridgehead atoms. The van der Waals surface area contributed by atoms with Gasteiger partial charge in [0.05, 0.1) is 17.2 Å². The van der Waals surface area contributed by atoms with Crippen molar-refractivity contribution in [2.75, 3.05) is 6.61 Å². The van der Waals surface area contributed by atoms with Crippen molar-refractivity contribution in [1.82, 2.24) is 0 Å². The first-order chi connectivity index (χ1) is 8.90. The van der Waals surface area contributed by atoms with Gasteiger partial charge in [-0.25, -0.2) is 9.59 Å². The molecule has 0 saturated carbocycles. The fourth-order valence-electron chi connectivity index (χ4n) is 1.47. The van der Waals surface area contributed by atoms with Gasteiger partial charge in [-0.1, -0.05) is 23.7 Å². The number of rotatable bonds is 5. The predicted molar refractivity (Wildman–Crippen MR) is 66.0 cm³/mol. The number of halogens is 1. The molecule has 2 unspecified atom stereocenters. The zero-order valence-corrected chi connectivity index (χ0v) is 10.8. The topological polar surface area (TPSA) is 104 Å². The third-order valence-electron chi connectivity index (χ3n) is 2.40. The fourth-order valence-corrected chi connectivity index (χ4v) is 1.79. The minimum Gasteiger partial charge on any atom is -0.478 e. The summed E-state index contributed by atoms with van der Waals surface area (Å²) >= 11 is 5.82. The second kappa shape index (κ2) is 6.51. The van der Waals surface area contributed by atoms with E-state index in [-0.39, 0.29) is 22.8 Å². The van der Waals surface area contributed by atoms with Crippen molar-refractivity contribution < 1.29 is 29.6 Å². The molecule has 0 saturated heterocycles. The van der Waals surface area contributed by atoms with Gasteiger partial charge in [-0.05, 0) is 13.0 Å². The molecule has 0 aromatic heterocycles. The van der Waals surface area contributed by atoms with Gasteiger partial charge in [0.2, 0.25) is 0 Å². The van der Waals surface area contributed by atoms with Crippen LogP contribution in [0.3, 0.4) is 0 Å². The largest absolute Gasteiger partial charge is 0.478 e. The summed E-state index contributed by atoms with van der Waals surface area (Å²) in [6, 6.07) is 3.92. The van der Waals surface area contributed by atoms with E-state index in [0.717, 1.165) is 0 Å². The number of esters is 1. The lowest BCUT2D eigenvalue weighted by molar-refractivity contribution is -0.159. The van der Waals surface area contributed by atoms with Gasteiger partial charge in [0.25, 0.3) is 0 Å². The lowest BCUT2D eigenvalue weighted by Crippen LogP contribution is -2.30. The number of hydrogen-bond donors (Lipinski definition) is 3. The van der Waals surface area contributed by atoms with Gasteiger partial charge in [0, 0.05) is 5.56 Å². The highest BCUT2D eigenvalue weighted by molar-refractivity contribution is 6.34. The fraction of sp³-hybridized carbons (Fsp3) is 0.333. The van der Waals surface area contributed by atoms with Crippen molar-refractivity contribution in [3.05, 3.63) is 34.3 Å². The monoisotopic (exact) mass is 288 g/mol. The predicted octanol–water partition coefficient (Wildman–Crippen LogP) is 0.996. The molecule has 0 amide bonds. The number of carboxylic acids is 1. The van der Waals surface area contributed by atoms with Crippen LogP contribution in [-0.4, -0.2) is 40.0 Å². The Morgan fingerprint density at radius 1 is 1.37 bits per heavy atom. The molecule has 0 fully saturated rings. The maximum absolute atomic E-state index is 11.3. The van der Waals surface area contributed by atoms with E-state index in [1.54, 1.807) is 6.92 Å². The van der Waals surface area contributed by atoms with Gasteiger partial charge >= 0.3 is 11.9 Å². The van der Waals surface area contributed by atoms with E-state index < -0.39 is 24.1 Å². The quantitative estimate of drug-likeness (QED) is 0.698. The highest BCUT2D eigenvalue weighted by Gasteiger charge is 2.29. The molecule has 1 aromatic rings. The van der Waals surface area contributed by atoms with Crippen LogP contribution in [0.25, 0.3) is 0 Å². The Balaban J connectivity index is 3.06. The highest BCUT2D eigenvalue weighted by atomic mass is 35.5. The Morgan fingerprint density at radius 2 is 2.00 bits per heavy atom. The molecule has 0 aliphatic carbocycles. The Morgan fingerprint density at radius 3 is 2.53 bits per heavy atom. The number of aromatic carboxylic acids is 1. The van der Waals surface area contributed by atoms with E-state index in [4.69, 9.17) is 16.7 Å². The van der Waals surface area contributed by atoms with Crippen LogP contribution in [0.4, 0.5) is 0 Å². The number of carboxylic acid groups (broad SMARTS) is 1. The van der Waals surface area contributed by atoms with Crippen molar-refractivity contribution in [3.63, 3.8) is 0 Å². The Labute approximate surface area is 114 Å². The maximum atomic E-state index is 11.3. The summed E-state index contributed by atoms with van der Waals surface area (Å²) < 4.78 is 4.56. The molecule has 1 rings (SSSR count). The van der Waals surface area contributed by atoms with Gasteiger partial charge in [-0.15, -0.1) is 0 Å². The molecule has 0 radical (unpaired) electrons. The maximum Gasteiger partial charge on any atom is 0.338 e. The molecule has 0 aliphatic rings. The van der Waals surface area contributed by atoms with Crippen LogP contribution in [0, 0.1) is 0 Å². The van der Waals surface area contributed by atoms with Crippen molar-refractivity contribution in [2.24, 2.45) is 0 Å². The van der Waals surface area contributed by atoms with Crippen LogP contribution < -0.4 is 0 Å². The van der Waals surface area contributed by atoms with E-state index in [0.29, 0.717) is 0 Å². The lowest BCUT2D eigenvalue weighted by Gasteiger charge is -2.18. The number of carbonyl (C=O) groups excluding carboxylic acids is 1. The van der Waals surface area contributed by atoms with Crippen LogP contribution in [0.5, 0.6) is 0 Å². The van der Waals surface area contributed by atoms with Crippen molar-refractivity contribution in [3.8, 4) is 0 Å². The summed E-state index contributed by atoms with van der Waals surface area (Å²) in [5, 5.41) is 28.1. The molecule has 19 heavy (non-hydrogen) atoms. The molecular formula is C12H13ClO6. The first-order valence-corrected chi connectivity index (χ1v) is 5.82. The number of aliphatic hydroxyl groups is 2. The van der Waals surface area contributed by atoms with Crippen LogP contribution in [0.1, 0.15) is 28.9 Å². The minimum absolute atomic E-state index is 0.0471. The van der Waals surface area contributed by atoms with Crippen molar-refractivity contribution >= 4 is 23.5 Å².